The van der Waals surface area contributed by atoms with Crippen LogP contribution in [0.1, 0.15) is 21.7 Å². The number of amides is 1. The van der Waals surface area contributed by atoms with E-state index in [1.165, 1.54) is 12.6 Å². The van der Waals surface area contributed by atoms with E-state index in [9.17, 15) is 9.59 Å². The van der Waals surface area contributed by atoms with Crippen LogP contribution in [0, 0.1) is 6.92 Å². The fraction of sp³-hybridized carbons (Fsp3) is 0.250. The van der Waals surface area contributed by atoms with Crippen molar-refractivity contribution in [1.29, 1.82) is 0 Å². The number of hydrogen-bond donors (Lipinski definition) is 2. The van der Waals surface area contributed by atoms with Crippen LogP contribution >= 0.6 is 0 Å². The molecule has 6 nitrogen and oxygen atoms in total. The average molecular weight is 246 g/mol. The van der Waals surface area contributed by atoms with E-state index < -0.39 is 11.6 Å². The van der Waals surface area contributed by atoms with E-state index in [0.29, 0.717) is 6.54 Å². The smallest absolute Gasteiger partial charge is 0.343 e. The van der Waals surface area contributed by atoms with Crippen LogP contribution in [-0.2, 0) is 13.6 Å². The summed E-state index contributed by atoms with van der Waals surface area (Å²) in [6.07, 6.45) is 0. The van der Waals surface area contributed by atoms with Crippen LogP contribution in [0.3, 0.4) is 0 Å². The molecule has 0 aliphatic rings. The van der Waals surface area contributed by atoms with Gasteiger partial charge in [-0.2, -0.15) is 0 Å². The van der Waals surface area contributed by atoms with Crippen molar-refractivity contribution < 1.29 is 4.79 Å². The minimum absolute atomic E-state index is 0.0228. The summed E-state index contributed by atoms with van der Waals surface area (Å²) < 4.78 is 1.08. The van der Waals surface area contributed by atoms with Crippen molar-refractivity contribution in [3.8, 4) is 0 Å². The SMILES string of the molecule is Cc1ccc(CNC(=O)c2nn(C)c(=O)[nH]2)cc1. The van der Waals surface area contributed by atoms with Crippen LogP contribution in [0.15, 0.2) is 29.1 Å². The lowest BCUT2D eigenvalue weighted by molar-refractivity contribution is 0.0940. The summed E-state index contributed by atoms with van der Waals surface area (Å²) in [7, 11) is 1.48. The molecule has 0 fully saturated rings. The average Bonchev–Trinajstić information content (AvgIpc) is 2.69. The van der Waals surface area contributed by atoms with Crippen molar-refractivity contribution >= 4 is 5.91 Å². The van der Waals surface area contributed by atoms with Gasteiger partial charge in [-0.25, -0.2) is 9.48 Å². The Labute approximate surface area is 104 Å². The van der Waals surface area contributed by atoms with Gasteiger partial charge in [0.15, 0.2) is 0 Å². The molecule has 6 heteroatoms. The molecule has 1 heterocycles. The van der Waals surface area contributed by atoms with Gasteiger partial charge in [0.2, 0.25) is 5.82 Å². The van der Waals surface area contributed by atoms with Crippen LogP contribution in [0.4, 0.5) is 0 Å². The van der Waals surface area contributed by atoms with Crippen LogP contribution in [0.2, 0.25) is 0 Å². The highest BCUT2D eigenvalue weighted by molar-refractivity contribution is 5.90. The summed E-state index contributed by atoms with van der Waals surface area (Å²) in [6, 6.07) is 7.84. The molecule has 0 saturated heterocycles. The van der Waals surface area contributed by atoms with Crippen LogP contribution < -0.4 is 11.0 Å². The largest absolute Gasteiger partial charge is 0.345 e. The molecule has 2 aromatic rings. The third-order valence-corrected chi connectivity index (χ3v) is 2.56. The van der Waals surface area contributed by atoms with Gasteiger partial charge in [0.05, 0.1) is 0 Å². The Hall–Kier alpha value is -2.37. The molecule has 0 spiro atoms. The van der Waals surface area contributed by atoms with E-state index in [1.807, 2.05) is 31.2 Å². The minimum atomic E-state index is -0.407. The van der Waals surface area contributed by atoms with E-state index in [2.05, 4.69) is 15.4 Å². The fourth-order valence-corrected chi connectivity index (χ4v) is 1.48. The standard InChI is InChI=1S/C12H14N4O2/c1-8-3-5-9(6-4-8)7-13-11(17)10-14-12(18)16(2)15-10/h3-6H,7H2,1-2H3,(H,13,17)(H,14,15,18). The topological polar surface area (TPSA) is 79.8 Å². The van der Waals surface area contributed by atoms with Crippen molar-refractivity contribution in [2.24, 2.45) is 7.05 Å². The first kappa shape index (κ1) is 12.1. The zero-order valence-corrected chi connectivity index (χ0v) is 10.2. The van der Waals surface area contributed by atoms with Crippen LogP contribution in [-0.4, -0.2) is 20.7 Å². The first-order valence-corrected chi connectivity index (χ1v) is 5.53. The molecule has 1 aromatic heterocycles. The van der Waals surface area contributed by atoms with E-state index in [4.69, 9.17) is 0 Å². The maximum Gasteiger partial charge on any atom is 0.343 e. The Morgan fingerprint density at radius 3 is 2.61 bits per heavy atom. The Balaban J connectivity index is 2.00. The number of aromatic nitrogens is 3. The second-order valence-corrected chi connectivity index (χ2v) is 4.07. The molecule has 0 aliphatic carbocycles. The minimum Gasteiger partial charge on any atom is -0.345 e. The quantitative estimate of drug-likeness (QED) is 0.820. The fourth-order valence-electron chi connectivity index (χ4n) is 1.48. The van der Waals surface area contributed by atoms with Gasteiger partial charge in [0, 0.05) is 13.6 Å². The van der Waals surface area contributed by atoms with Gasteiger partial charge >= 0.3 is 5.69 Å². The molecule has 94 valence electrons. The Kier molecular flexibility index (Phi) is 3.27. The summed E-state index contributed by atoms with van der Waals surface area (Å²) in [5, 5.41) is 6.46. The van der Waals surface area contributed by atoms with Crippen molar-refractivity contribution in [2.45, 2.75) is 13.5 Å². The summed E-state index contributed by atoms with van der Waals surface area (Å²) in [5.74, 6) is -0.372. The zero-order valence-electron chi connectivity index (χ0n) is 10.2. The molecule has 0 radical (unpaired) electrons. The van der Waals surface area contributed by atoms with Gasteiger partial charge in [-0.15, -0.1) is 5.10 Å². The first-order valence-electron chi connectivity index (χ1n) is 5.53. The normalized spacial score (nSPS) is 10.3. The van der Waals surface area contributed by atoms with Gasteiger partial charge in [-0.05, 0) is 12.5 Å². The predicted octanol–water partition coefficient (Wildman–Crippen LogP) is 0.347. The molecule has 2 N–H and O–H groups in total. The van der Waals surface area contributed by atoms with Gasteiger partial charge < -0.3 is 5.32 Å². The van der Waals surface area contributed by atoms with Crippen molar-refractivity contribution in [1.82, 2.24) is 20.1 Å². The third-order valence-electron chi connectivity index (χ3n) is 2.56. The maximum atomic E-state index is 11.7. The number of carbonyl (C=O) groups is 1. The van der Waals surface area contributed by atoms with Gasteiger partial charge in [0.1, 0.15) is 0 Å². The number of nitrogens with one attached hydrogen (secondary N) is 2. The van der Waals surface area contributed by atoms with E-state index in [-0.39, 0.29) is 5.82 Å². The molecular weight excluding hydrogens is 232 g/mol. The van der Waals surface area contributed by atoms with E-state index in [1.54, 1.807) is 0 Å². The lowest BCUT2D eigenvalue weighted by Gasteiger charge is -2.03. The molecular formula is C12H14N4O2. The van der Waals surface area contributed by atoms with Gasteiger partial charge in [-0.1, -0.05) is 29.8 Å². The van der Waals surface area contributed by atoms with Crippen LogP contribution in [0.25, 0.3) is 0 Å². The van der Waals surface area contributed by atoms with Crippen LogP contribution in [0.5, 0.6) is 0 Å². The first-order chi connectivity index (χ1) is 8.56. The van der Waals surface area contributed by atoms with Crippen molar-refractivity contribution in [2.75, 3.05) is 0 Å². The highest BCUT2D eigenvalue weighted by Gasteiger charge is 2.10. The Morgan fingerprint density at radius 2 is 2.06 bits per heavy atom. The second kappa shape index (κ2) is 4.87. The molecule has 1 amide bonds. The number of aromatic amines is 1. The highest BCUT2D eigenvalue weighted by atomic mass is 16.2. The zero-order chi connectivity index (χ0) is 13.1. The lowest BCUT2D eigenvalue weighted by Crippen LogP contribution is -2.24. The monoisotopic (exact) mass is 246 g/mol. The van der Waals surface area contributed by atoms with Gasteiger partial charge in [-0.3, -0.25) is 9.78 Å². The predicted molar refractivity (Wildman–Crippen MR) is 66.2 cm³/mol. The number of nitrogens with zero attached hydrogens (tertiary/aromatic N) is 2. The number of carbonyl (C=O) groups excluding carboxylic acids is 1. The Morgan fingerprint density at radius 1 is 1.39 bits per heavy atom. The summed E-state index contributed by atoms with van der Waals surface area (Å²) in [5.41, 5.74) is 1.75. The summed E-state index contributed by atoms with van der Waals surface area (Å²) in [4.78, 5) is 25.2. The van der Waals surface area contributed by atoms with E-state index in [0.717, 1.165) is 10.2 Å². The number of benzene rings is 1. The second-order valence-electron chi connectivity index (χ2n) is 4.07. The number of aryl methyl sites for hydroxylation is 2. The van der Waals surface area contributed by atoms with Gasteiger partial charge in [0.25, 0.3) is 5.91 Å². The molecule has 0 atom stereocenters. The molecule has 0 unspecified atom stereocenters. The molecule has 18 heavy (non-hydrogen) atoms. The van der Waals surface area contributed by atoms with Crippen molar-refractivity contribution in [3.05, 3.63) is 51.7 Å². The molecule has 2 rings (SSSR count). The summed E-state index contributed by atoms with van der Waals surface area (Å²) >= 11 is 0. The number of H-pyrrole nitrogens is 1. The van der Waals surface area contributed by atoms with Crippen molar-refractivity contribution in [3.63, 3.8) is 0 Å². The molecule has 0 saturated carbocycles. The Bertz CT molecular complexity index is 610. The molecule has 0 bridgehead atoms. The van der Waals surface area contributed by atoms with E-state index >= 15 is 0 Å². The molecule has 1 aromatic carbocycles. The molecule has 0 aliphatic heterocycles. The highest BCUT2D eigenvalue weighted by Crippen LogP contribution is 2.02. The number of hydrogen-bond acceptors (Lipinski definition) is 3. The number of rotatable bonds is 3. The summed E-state index contributed by atoms with van der Waals surface area (Å²) in [6.45, 7) is 2.40. The maximum absolute atomic E-state index is 11.7. The third kappa shape index (κ3) is 2.65. The lowest BCUT2D eigenvalue weighted by atomic mass is 10.1.